The summed E-state index contributed by atoms with van der Waals surface area (Å²) in [7, 11) is 0. The first-order valence-electron chi connectivity index (χ1n) is 4.62. The van der Waals surface area contributed by atoms with Gasteiger partial charge in [0, 0.05) is 12.1 Å². The molecule has 4 heteroatoms. The van der Waals surface area contributed by atoms with Crippen LogP contribution in [0.4, 0.5) is 0 Å². The van der Waals surface area contributed by atoms with Crippen molar-refractivity contribution in [1.82, 2.24) is 0 Å². The molecule has 4 nitrogen and oxygen atoms in total. The molecule has 0 bridgehead atoms. The van der Waals surface area contributed by atoms with E-state index in [9.17, 15) is 4.79 Å². The third-order valence-electron chi connectivity index (χ3n) is 1.86. The van der Waals surface area contributed by atoms with Crippen LogP contribution >= 0.6 is 0 Å². The van der Waals surface area contributed by atoms with Gasteiger partial charge in [0.15, 0.2) is 0 Å². The zero-order valence-electron chi connectivity index (χ0n) is 8.45. The first kappa shape index (κ1) is 10.8. The molecule has 1 atom stereocenters. The second-order valence-electron chi connectivity index (χ2n) is 3.20. The van der Waals surface area contributed by atoms with E-state index < -0.39 is 5.63 Å². The monoisotopic (exact) mass is 197 g/mol. The Bertz CT molecular complexity index is 345. The molecule has 1 aromatic heterocycles. The van der Waals surface area contributed by atoms with Crippen molar-refractivity contribution in [3.63, 3.8) is 0 Å². The summed E-state index contributed by atoms with van der Waals surface area (Å²) in [6.07, 6.45) is 0.848. The molecule has 14 heavy (non-hydrogen) atoms. The minimum Gasteiger partial charge on any atom is -0.492 e. The van der Waals surface area contributed by atoms with E-state index in [2.05, 4.69) is 0 Å². The molecule has 2 N–H and O–H groups in total. The van der Waals surface area contributed by atoms with Gasteiger partial charge in [0.25, 0.3) is 0 Å². The maximum atomic E-state index is 10.9. The minimum atomic E-state index is -0.398. The molecule has 0 aromatic carbocycles. The molecule has 0 aliphatic rings. The van der Waals surface area contributed by atoms with Gasteiger partial charge in [-0.25, -0.2) is 4.79 Å². The fraction of sp³-hybridized carbons (Fsp3) is 0.500. The minimum absolute atomic E-state index is 0.00236. The molecule has 0 saturated heterocycles. The van der Waals surface area contributed by atoms with E-state index in [1.165, 1.54) is 6.07 Å². The number of aryl methyl sites for hydroxylation is 1. The Labute approximate surface area is 82.7 Å². The number of ether oxygens (including phenoxy) is 1. The molecule has 0 fully saturated rings. The van der Waals surface area contributed by atoms with Crippen LogP contribution in [0.2, 0.25) is 0 Å². The molecule has 0 amide bonds. The zero-order valence-corrected chi connectivity index (χ0v) is 8.45. The molecule has 0 unspecified atom stereocenters. The summed E-state index contributed by atoms with van der Waals surface area (Å²) < 4.78 is 10.1. The fourth-order valence-corrected chi connectivity index (χ4v) is 0.980. The Morgan fingerprint density at radius 2 is 2.29 bits per heavy atom. The lowest BCUT2D eigenvalue weighted by Crippen LogP contribution is -2.26. The van der Waals surface area contributed by atoms with Crippen molar-refractivity contribution in [3.8, 4) is 5.75 Å². The van der Waals surface area contributed by atoms with Gasteiger partial charge in [-0.1, -0.05) is 6.92 Å². The molecule has 0 aliphatic heterocycles. The Hall–Kier alpha value is -1.29. The van der Waals surface area contributed by atoms with Crippen molar-refractivity contribution >= 4 is 0 Å². The van der Waals surface area contributed by atoms with Crippen molar-refractivity contribution in [1.29, 1.82) is 0 Å². The average molecular weight is 197 g/mol. The Kier molecular flexibility index (Phi) is 3.71. The smallest absolute Gasteiger partial charge is 0.339 e. The number of hydrogen-bond acceptors (Lipinski definition) is 4. The molecule has 1 rings (SSSR count). The Morgan fingerprint density at radius 1 is 1.57 bits per heavy atom. The summed E-state index contributed by atoms with van der Waals surface area (Å²) in [5.41, 5.74) is 5.27. The standard InChI is InChI=1S/C10H15NO3/c1-3-8(11)6-13-9-4-7(2)14-10(12)5-9/h4-5,8H,3,6,11H2,1-2H3/t8-/m1/s1. The third kappa shape index (κ3) is 3.22. The van der Waals surface area contributed by atoms with Crippen LogP contribution in [0, 0.1) is 6.92 Å². The molecular weight excluding hydrogens is 182 g/mol. The highest BCUT2D eigenvalue weighted by Gasteiger charge is 2.02. The number of nitrogens with two attached hydrogens (primary N) is 1. The summed E-state index contributed by atoms with van der Waals surface area (Å²) in [5, 5.41) is 0. The largest absolute Gasteiger partial charge is 0.492 e. The molecule has 78 valence electrons. The van der Waals surface area contributed by atoms with Crippen molar-refractivity contribution in [2.24, 2.45) is 5.73 Å². The molecule has 0 radical (unpaired) electrons. The van der Waals surface area contributed by atoms with Crippen LogP contribution in [0.1, 0.15) is 19.1 Å². The van der Waals surface area contributed by atoms with Crippen molar-refractivity contribution in [3.05, 3.63) is 28.3 Å². The molecule has 0 spiro atoms. The van der Waals surface area contributed by atoms with Gasteiger partial charge in [-0.05, 0) is 13.3 Å². The van der Waals surface area contributed by atoms with Gasteiger partial charge in [-0.15, -0.1) is 0 Å². The summed E-state index contributed by atoms with van der Waals surface area (Å²) in [4.78, 5) is 10.9. The lowest BCUT2D eigenvalue weighted by Gasteiger charge is -2.10. The van der Waals surface area contributed by atoms with Gasteiger partial charge in [0.05, 0.1) is 6.07 Å². The van der Waals surface area contributed by atoms with E-state index in [1.807, 2.05) is 6.92 Å². The van der Waals surface area contributed by atoms with Crippen LogP contribution in [0.5, 0.6) is 5.75 Å². The predicted octanol–water partition coefficient (Wildman–Crippen LogP) is 1.06. The summed E-state index contributed by atoms with van der Waals surface area (Å²) in [6.45, 7) is 4.10. The molecule has 1 heterocycles. The van der Waals surface area contributed by atoms with E-state index in [-0.39, 0.29) is 6.04 Å². The summed E-state index contributed by atoms with van der Waals surface area (Å²) in [5.74, 6) is 1.06. The Balaban J connectivity index is 2.63. The van der Waals surface area contributed by atoms with E-state index in [0.29, 0.717) is 18.1 Å². The van der Waals surface area contributed by atoms with Crippen LogP contribution in [-0.4, -0.2) is 12.6 Å². The van der Waals surface area contributed by atoms with Gasteiger partial charge in [-0.2, -0.15) is 0 Å². The van der Waals surface area contributed by atoms with E-state index >= 15 is 0 Å². The van der Waals surface area contributed by atoms with Crippen molar-refractivity contribution in [2.75, 3.05) is 6.61 Å². The number of rotatable bonds is 4. The second-order valence-corrected chi connectivity index (χ2v) is 3.20. The second kappa shape index (κ2) is 4.81. The van der Waals surface area contributed by atoms with Gasteiger partial charge in [0.1, 0.15) is 18.1 Å². The van der Waals surface area contributed by atoms with Crippen LogP contribution in [0.3, 0.4) is 0 Å². The third-order valence-corrected chi connectivity index (χ3v) is 1.86. The SMILES string of the molecule is CC[C@@H](N)COc1cc(C)oc(=O)c1. The Morgan fingerprint density at radius 3 is 2.86 bits per heavy atom. The summed E-state index contributed by atoms with van der Waals surface area (Å²) >= 11 is 0. The highest BCUT2D eigenvalue weighted by atomic mass is 16.5. The maximum Gasteiger partial charge on any atom is 0.339 e. The summed E-state index contributed by atoms with van der Waals surface area (Å²) in [6, 6.07) is 2.99. The molecule has 0 aliphatic carbocycles. The van der Waals surface area contributed by atoms with Crippen LogP contribution in [0.15, 0.2) is 21.3 Å². The molecule has 1 aromatic rings. The van der Waals surface area contributed by atoms with Crippen molar-refractivity contribution < 1.29 is 9.15 Å². The van der Waals surface area contributed by atoms with Crippen molar-refractivity contribution in [2.45, 2.75) is 26.3 Å². The predicted molar refractivity (Wildman–Crippen MR) is 53.5 cm³/mol. The lowest BCUT2D eigenvalue weighted by molar-refractivity contribution is 0.281. The van der Waals surface area contributed by atoms with E-state index in [0.717, 1.165) is 6.42 Å². The molecule has 0 saturated carbocycles. The van der Waals surface area contributed by atoms with Gasteiger partial charge in [-0.3, -0.25) is 0 Å². The van der Waals surface area contributed by atoms with Gasteiger partial charge in [0.2, 0.25) is 0 Å². The lowest BCUT2D eigenvalue weighted by atomic mass is 10.3. The zero-order chi connectivity index (χ0) is 10.6. The normalized spacial score (nSPS) is 12.5. The first-order valence-corrected chi connectivity index (χ1v) is 4.62. The van der Waals surface area contributed by atoms with E-state index in [4.69, 9.17) is 14.9 Å². The quantitative estimate of drug-likeness (QED) is 0.783. The topological polar surface area (TPSA) is 65.5 Å². The average Bonchev–Trinajstić information content (AvgIpc) is 2.12. The maximum absolute atomic E-state index is 10.9. The van der Waals surface area contributed by atoms with Crippen LogP contribution in [0.25, 0.3) is 0 Å². The fourth-order valence-electron chi connectivity index (χ4n) is 0.980. The van der Waals surface area contributed by atoms with Gasteiger partial charge >= 0.3 is 5.63 Å². The van der Waals surface area contributed by atoms with E-state index in [1.54, 1.807) is 13.0 Å². The van der Waals surface area contributed by atoms with Crippen LogP contribution in [-0.2, 0) is 0 Å². The first-order chi connectivity index (χ1) is 6.61. The molecular formula is C10H15NO3. The van der Waals surface area contributed by atoms with Gasteiger partial charge < -0.3 is 14.9 Å². The highest BCUT2D eigenvalue weighted by Crippen LogP contribution is 2.09. The number of hydrogen-bond donors (Lipinski definition) is 1. The highest BCUT2D eigenvalue weighted by molar-refractivity contribution is 5.19. The van der Waals surface area contributed by atoms with Crippen LogP contribution < -0.4 is 16.1 Å².